The molecule has 6 nitrogen and oxygen atoms in total. The van der Waals surface area contributed by atoms with Crippen LogP contribution in [-0.2, 0) is 16.0 Å². The number of carboxylic acids is 1. The number of para-hydroxylation sites is 1. The van der Waals surface area contributed by atoms with E-state index >= 15 is 0 Å². The van der Waals surface area contributed by atoms with Gasteiger partial charge in [-0.25, -0.2) is 4.79 Å². The monoisotopic (exact) mass is 371 g/mol. The SMILES string of the molecule is CCC(Oc1ccccc1C)C(=O)NCCc1ccc(OCC(=O)O)cc1. The predicted octanol–water partition coefficient (Wildman–Crippen LogP) is 2.97. The van der Waals surface area contributed by atoms with Gasteiger partial charge >= 0.3 is 5.97 Å². The van der Waals surface area contributed by atoms with E-state index in [1.165, 1.54) is 0 Å². The lowest BCUT2D eigenvalue weighted by atomic mass is 10.1. The molecule has 1 unspecified atom stereocenters. The molecule has 0 aliphatic rings. The highest BCUT2D eigenvalue weighted by Crippen LogP contribution is 2.19. The van der Waals surface area contributed by atoms with Gasteiger partial charge in [-0.05, 0) is 49.1 Å². The number of benzene rings is 2. The number of aryl methyl sites for hydroxylation is 1. The molecule has 0 aromatic heterocycles. The molecule has 0 radical (unpaired) electrons. The number of hydrogen-bond donors (Lipinski definition) is 2. The van der Waals surface area contributed by atoms with Crippen LogP contribution in [0.5, 0.6) is 11.5 Å². The van der Waals surface area contributed by atoms with Gasteiger partial charge in [-0.2, -0.15) is 0 Å². The second-order valence-corrected chi connectivity index (χ2v) is 6.15. The van der Waals surface area contributed by atoms with Gasteiger partial charge in [0.2, 0.25) is 0 Å². The molecule has 0 bridgehead atoms. The van der Waals surface area contributed by atoms with Crippen LogP contribution in [0.25, 0.3) is 0 Å². The smallest absolute Gasteiger partial charge is 0.341 e. The number of carbonyl (C=O) groups excluding carboxylic acids is 1. The third kappa shape index (κ3) is 6.66. The minimum atomic E-state index is -1.01. The number of ether oxygens (including phenoxy) is 2. The molecule has 0 heterocycles. The lowest BCUT2D eigenvalue weighted by Gasteiger charge is -2.18. The summed E-state index contributed by atoms with van der Waals surface area (Å²) in [5, 5.41) is 11.5. The molecule has 2 N–H and O–H groups in total. The van der Waals surface area contributed by atoms with Gasteiger partial charge in [-0.1, -0.05) is 37.3 Å². The Labute approximate surface area is 159 Å². The fourth-order valence-electron chi connectivity index (χ4n) is 2.51. The normalized spacial score (nSPS) is 11.5. The molecule has 0 saturated heterocycles. The number of amides is 1. The van der Waals surface area contributed by atoms with Crippen molar-refractivity contribution in [3.05, 3.63) is 59.7 Å². The fraction of sp³-hybridized carbons (Fsp3) is 0.333. The average Bonchev–Trinajstić information content (AvgIpc) is 2.66. The number of carboxylic acid groups (broad SMARTS) is 1. The van der Waals surface area contributed by atoms with Gasteiger partial charge in [-0.3, -0.25) is 4.79 Å². The number of nitrogens with one attached hydrogen (secondary N) is 1. The topological polar surface area (TPSA) is 84.9 Å². The van der Waals surface area contributed by atoms with E-state index in [2.05, 4.69) is 5.32 Å². The van der Waals surface area contributed by atoms with Gasteiger partial charge in [0, 0.05) is 6.54 Å². The summed E-state index contributed by atoms with van der Waals surface area (Å²) in [4.78, 5) is 22.9. The number of aliphatic carboxylic acids is 1. The molecule has 144 valence electrons. The second kappa shape index (κ2) is 10.2. The van der Waals surface area contributed by atoms with E-state index in [0.29, 0.717) is 25.1 Å². The summed E-state index contributed by atoms with van der Waals surface area (Å²) in [5.41, 5.74) is 2.01. The van der Waals surface area contributed by atoms with Crippen molar-refractivity contribution in [3.8, 4) is 11.5 Å². The van der Waals surface area contributed by atoms with Crippen LogP contribution in [0, 0.1) is 6.92 Å². The van der Waals surface area contributed by atoms with Crippen molar-refractivity contribution in [3.63, 3.8) is 0 Å². The zero-order valence-corrected chi connectivity index (χ0v) is 15.6. The van der Waals surface area contributed by atoms with Crippen molar-refractivity contribution in [1.29, 1.82) is 0 Å². The Bertz CT molecular complexity index is 757. The quantitative estimate of drug-likeness (QED) is 0.671. The molecule has 0 aliphatic carbocycles. The molecule has 0 saturated carbocycles. The Morgan fingerprint density at radius 3 is 2.44 bits per heavy atom. The highest BCUT2D eigenvalue weighted by molar-refractivity contribution is 5.81. The van der Waals surface area contributed by atoms with E-state index in [4.69, 9.17) is 14.6 Å². The Morgan fingerprint density at radius 1 is 1.11 bits per heavy atom. The van der Waals surface area contributed by atoms with Crippen molar-refractivity contribution in [2.24, 2.45) is 0 Å². The standard InChI is InChI=1S/C21H25NO5/c1-3-18(27-19-7-5-4-6-15(19)2)21(25)22-13-12-16-8-10-17(11-9-16)26-14-20(23)24/h4-11,18H,3,12-14H2,1-2H3,(H,22,25)(H,23,24). The Morgan fingerprint density at radius 2 is 1.81 bits per heavy atom. The lowest BCUT2D eigenvalue weighted by molar-refractivity contribution is -0.139. The zero-order valence-electron chi connectivity index (χ0n) is 15.6. The molecular formula is C21H25NO5. The molecule has 2 aromatic carbocycles. The summed E-state index contributed by atoms with van der Waals surface area (Å²) in [6.07, 6.45) is 0.708. The Hall–Kier alpha value is -3.02. The summed E-state index contributed by atoms with van der Waals surface area (Å²) in [6.45, 7) is 3.98. The van der Waals surface area contributed by atoms with Crippen LogP contribution in [0.1, 0.15) is 24.5 Å². The molecule has 6 heteroatoms. The summed E-state index contributed by atoms with van der Waals surface area (Å²) < 4.78 is 10.9. The van der Waals surface area contributed by atoms with E-state index in [1.807, 2.05) is 50.2 Å². The maximum absolute atomic E-state index is 12.4. The molecule has 1 atom stereocenters. The number of rotatable bonds is 10. The van der Waals surface area contributed by atoms with E-state index in [-0.39, 0.29) is 12.5 Å². The average molecular weight is 371 g/mol. The maximum Gasteiger partial charge on any atom is 0.341 e. The second-order valence-electron chi connectivity index (χ2n) is 6.15. The summed E-state index contributed by atoms with van der Waals surface area (Å²) in [5.74, 6) is 0.0710. The van der Waals surface area contributed by atoms with Crippen LogP contribution in [-0.4, -0.2) is 36.2 Å². The van der Waals surface area contributed by atoms with Gasteiger partial charge in [0.15, 0.2) is 12.7 Å². The predicted molar refractivity (Wildman–Crippen MR) is 102 cm³/mol. The minimum absolute atomic E-state index is 0.137. The molecular weight excluding hydrogens is 346 g/mol. The van der Waals surface area contributed by atoms with E-state index < -0.39 is 12.1 Å². The van der Waals surface area contributed by atoms with Crippen LogP contribution in [0.2, 0.25) is 0 Å². The van der Waals surface area contributed by atoms with Gasteiger partial charge in [0.25, 0.3) is 5.91 Å². The Kier molecular flexibility index (Phi) is 7.67. The first-order valence-corrected chi connectivity index (χ1v) is 8.93. The van der Waals surface area contributed by atoms with Gasteiger partial charge in [-0.15, -0.1) is 0 Å². The number of carbonyl (C=O) groups is 2. The summed E-state index contributed by atoms with van der Waals surface area (Å²) in [7, 11) is 0. The molecule has 0 aliphatic heterocycles. The number of hydrogen-bond acceptors (Lipinski definition) is 4. The van der Waals surface area contributed by atoms with E-state index in [1.54, 1.807) is 12.1 Å². The van der Waals surface area contributed by atoms with Gasteiger partial charge in [0.05, 0.1) is 0 Å². The van der Waals surface area contributed by atoms with Crippen molar-refractivity contribution in [1.82, 2.24) is 5.32 Å². The van der Waals surface area contributed by atoms with E-state index in [0.717, 1.165) is 16.9 Å². The first-order valence-electron chi connectivity index (χ1n) is 8.93. The fourth-order valence-corrected chi connectivity index (χ4v) is 2.51. The minimum Gasteiger partial charge on any atom is -0.482 e. The Balaban J connectivity index is 1.80. The van der Waals surface area contributed by atoms with Crippen molar-refractivity contribution in [2.45, 2.75) is 32.8 Å². The third-order valence-electron chi connectivity index (χ3n) is 4.02. The maximum atomic E-state index is 12.4. The van der Waals surface area contributed by atoms with Crippen LogP contribution in [0.4, 0.5) is 0 Å². The van der Waals surface area contributed by atoms with Crippen LogP contribution in [0.3, 0.4) is 0 Å². The first kappa shape index (κ1) is 20.3. The zero-order chi connectivity index (χ0) is 19.6. The van der Waals surface area contributed by atoms with Crippen molar-refractivity contribution < 1.29 is 24.2 Å². The molecule has 27 heavy (non-hydrogen) atoms. The molecule has 0 spiro atoms. The molecule has 0 fully saturated rings. The summed E-state index contributed by atoms with van der Waals surface area (Å²) >= 11 is 0. The largest absolute Gasteiger partial charge is 0.482 e. The van der Waals surface area contributed by atoms with E-state index in [9.17, 15) is 9.59 Å². The molecule has 1 amide bonds. The van der Waals surface area contributed by atoms with Gasteiger partial charge in [0.1, 0.15) is 11.5 Å². The molecule has 2 rings (SSSR count). The first-order chi connectivity index (χ1) is 13.0. The molecule has 2 aromatic rings. The van der Waals surface area contributed by atoms with Gasteiger partial charge < -0.3 is 19.9 Å². The highest BCUT2D eigenvalue weighted by atomic mass is 16.5. The van der Waals surface area contributed by atoms with Crippen molar-refractivity contribution in [2.75, 3.05) is 13.2 Å². The summed E-state index contributed by atoms with van der Waals surface area (Å²) in [6, 6.07) is 14.8. The highest BCUT2D eigenvalue weighted by Gasteiger charge is 2.18. The lowest BCUT2D eigenvalue weighted by Crippen LogP contribution is -2.39. The van der Waals surface area contributed by atoms with Crippen LogP contribution >= 0.6 is 0 Å². The third-order valence-corrected chi connectivity index (χ3v) is 4.02. The van der Waals surface area contributed by atoms with Crippen LogP contribution < -0.4 is 14.8 Å². The van der Waals surface area contributed by atoms with Crippen molar-refractivity contribution >= 4 is 11.9 Å². The van der Waals surface area contributed by atoms with Crippen LogP contribution in [0.15, 0.2) is 48.5 Å².